The fraction of sp³-hybridized carbons (Fsp3) is 0.538. The van der Waals surface area contributed by atoms with Gasteiger partial charge in [-0.05, 0) is 13.0 Å². The summed E-state index contributed by atoms with van der Waals surface area (Å²) in [4.78, 5) is 4.40. The zero-order valence-corrected chi connectivity index (χ0v) is 11.8. The third-order valence-corrected chi connectivity index (χ3v) is 4.07. The summed E-state index contributed by atoms with van der Waals surface area (Å²) < 4.78 is 7.85. The van der Waals surface area contributed by atoms with E-state index in [1.165, 1.54) is 5.69 Å². The van der Waals surface area contributed by atoms with Crippen LogP contribution in [0.15, 0.2) is 17.6 Å². The van der Waals surface area contributed by atoms with Gasteiger partial charge in [0.25, 0.3) is 0 Å². The van der Waals surface area contributed by atoms with Crippen LogP contribution >= 0.6 is 11.3 Å². The van der Waals surface area contributed by atoms with Crippen molar-refractivity contribution in [3.63, 3.8) is 0 Å². The van der Waals surface area contributed by atoms with Crippen LogP contribution in [0, 0.1) is 12.8 Å². The zero-order valence-electron chi connectivity index (χ0n) is 11.0. The number of ether oxygens (including phenoxy) is 1. The van der Waals surface area contributed by atoms with Crippen molar-refractivity contribution in [2.24, 2.45) is 5.92 Å². The molecule has 0 amide bonds. The number of nitrogens with one attached hydrogen (secondary N) is 1. The Bertz CT molecular complexity index is 536. The van der Waals surface area contributed by atoms with E-state index in [9.17, 15) is 0 Å². The highest BCUT2D eigenvalue weighted by Gasteiger charge is 2.16. The van der Waals surface area contributed by atoms with Crippen LogP contribution in [-0.4, -0.2) is 27.9 Å². The van der Waals surface area contributed by atoms with E-state index in [0.29, 0.717) is 12.5 Å². The average molecular weight is 278 g/mol. The van der Waals surface area contributed by atoms with Crippen molar-refractivity contribution < 1.29 is 4.74 Å². The van der Waals surface area contributed by atoms with Crippen LogP contribution in [0.1, 0.15) is 16.4 Å². The van der Waals surface area contributed by atoms with E-state index in [4.69, 9.17) is 4.74 Å². The Morgan fingerprint density at radius 2 is 2.53 bits per heavy atom. The minimum atomic E-state index is 0.459. The summed E-state index contributed by atoms with van der Waals surface area (Å²) in [6.45, 7) is 6.14. The summed E-state index contributed by atoms with van der Waals surface area (Å²) in [6, 6.07) is 2.06. The van der Waals surface area contributed by atoms with Crippen molar-refractivity contribution in [1.82, 2.24) is 20.1 Å². The van der Waals surface area contributed by atoms with Gasteiger partial charge < -0.3 is 10.1 Å². The molecule has 0 aliphatic carbocycles. The topological polar surface area (TPSA) is 52.0 Å². The number of fused-ring (bicyclic) bond motifs is 1. The molecule has 3 heterocycles. The van der Waals surface area contributed by atoms with Gasteiger partial charge in [0.05, 0.1) is 29.6 Å². The molecule has 0 fully saturated rings. The van der Waals surface area contributed by atoms with E-state index < -0.39 is 0 Å². The van der Waals surface area contributed by atoms with Crippen molar-refractivity contribution in [3.8, 4) is 0 Å². The molecule has 3 rings (SSSR count). The van der Waals surface area contributed by atoms with Crippen LogP contribution in [0.25, 0.3) is 0 Å². The van der Waals surface area contributed by atoms with Crippen LogP contribution < -0.4 is 5.32 Å². The molecule has 0 saturated carbocycles. The van der Waals surface area contributed by atoms with Crippen molar-refractivity contribution in [1.29, 1.82) is 0 Å². The molecule has 1 aliphatic heterocycles. The molecule has 0 saturated heterocycles. The van der Waals surface area contributed by atoms with Crippen LogP contribution in [0.4, 0.5) is 0 Å². The Balaban J connectivity index is 1.50. The van der Waals surface area contributed by atoms with Gasteiger partial charge in [0.15, 0.2) is 0 Å². The molecule has 2 aromatic heterocycles. The van der Waals surface area contributed by atoms with Gasteiger partial charge in [-0.2, -0.15) is 5.10 Å². The molecular weight excluding hydrogens is 260 g/mol. The summed E-state index contributed by atoms with van der Waals surface area (Å²) >= 11 is 1.67. The van der Waals surface area contributed by atoms with E-state index in [0.717, 1.165) is 36.9 Å². The monoisotopic (exact) mass is 278 g/mol. The quantitative estimate of drug-likeness (QED) is 0.922. The Morgan fingerprint density at radius 3 is 3.37 bits per heavy atom. The van der Waals surface area contributed by atoms with E-state index in [-0.39, 0.29) is 0 Å². The van der Waals surface area contributed by atoms with Gasteiger partial charge in [-0.15, -0.1) is 11.3 Å². The molecule has 19 heavy (non-hydrogen) atoms. The minimum absolute atomic E-state index is 0.459. The second-order valence-electron chi connectivity index (χ2n) is 4.87. The lowest BCUT2D eigenvalue weighted by Crippen LogP contribution is -2.25. The lowest BCUT2D eigenvalue weighted by molar-refractivity contribution is 0.0795. The third-order valence-electron chi connectivity index (χ3n) is 3.24. The van der Waals surface area contributed by atoms with Gasteiger partial charge in [-0.25, -0.2) is 4.98 Å². The first kappa shape index (κ1) is 12.8. The van der Waals surface area contributed by atoms with Crippen LogP contribution in [0.5, 0.6) is 0 Å². The summed E-state index contributed by atoms with van der Waals surface area (Å²) in [5.74, 6) is 0.459. The number of aromatic nitrogens is 3. The van der Waals surface area contributed by atoms with Gasteiger partial charge in [-0.3, -0.25) is 4.68 Å². The SMILES string of the molecule is Cc1nc(COC[C@H]2CNCc3ccnn3C2)cs1. The number of hydrogen-bond donors (Lipinski definition) is 1. The van der Waals surface area contributed by atoms with E-state index in [2.05, 4.69) is 31.5 Å². The van der Waals surface area contributed by atoms with Crippen molar-refractivity contribution in [3.05, 3.63) is 34.0 Å². The maximum absolute atomic E-state index is 5.78. The molecule has 5 nitrogen and oxygen atoms in total. The van der Waals surface area contributed by atoms with Crippen LogP contribution in [-0.2, 0) is 24.4 Å². The largest absolute Gasteiger partial charge is 0.375 e. The Kier molecular flexibility index (Phi) is 3.91. The van der Waals surface area contributed by atoms with Gasteiger partial charge in [0.1, 0.15) is 0 Å². The average Bonchev–Trinajstić information content (AvgIpc) is 2.95. The maximum atomic E-state index is 5.78. The second kappa shape index (κ2) is 5.81. The second-order valence-corrected chi connectivity index (χ2v) is 5.94. The maximum Gasteiger partial charge on any atom is 0.0898 e. The van der Waals surface area contributed by atoms with Crippen molar-refractivity contribution in [2.75, 3.05) is 13.2 Å². The number of aryl methyl sites for hydroxylation is 1. The lowest BCUT2D eigenvalue weighted by Gasteiger charge is -2.14. The predicted octanol–water partition coefficient (Wildman–Crippen LogP) is 1.58. The molecule has 0 spiro atoms. The third kappa shape index (κ3) is 3.20. The minimum Gasteiger partial charge on any atom is -0.375 e. The first-order valence-electron chi connectivity index (χ1n) is 6.51. The number of nitrogens with zero attached hydrogens (tertiary/aromatic N) is 3. The number of rotatable bonds is 4. The molecule has 1 aliphatic rings. The highest BCUT2D eigenvalue weighted by Crippen LogP contribution is 2.12. The Morgan fingerprint density at radius 1 is 1.58 bits per heavy atom. The molecule has 6 heteroatoms. The lowest BCUT2D eigenvalue weighted by atomic mass is 10.1. The van der Waals surface area contributed by atoms with E-state index in [1.54, 1.807) is 11.3 Å². The summed E-state index contributed by atoms with van der Waals surface area (Å²) in [6.07, 6.45) is 1.86. The Hall–Kier alpha value is -1.24. The highest BCUT2D eigenvalue weighted by molar-refractivity contribution is 7.09. The molecule has 0 unspecified atom stereocenters. The van der Waals surface area contributed by atoms with Gasteiger partial charge in [-0.1, -0.05) is 0 Å². The molecule has 0 radical (unpaired) electrons. The van der Waals surface area contributed by atoms with Crippen molar-refractivity contribution >= 4 is 11.3 Å². The van der Waals surface area contributed by atoms with Crippen LogP contribution in [0.3, 0.4) is 0 Å². The molecule has 2 aromatic rings. The van der Waals surface area contributed by atoms with E-state index >= 15 is 0 Å². The summed E-state index contributed by atoms with van der Waals surface area (Å²) in [5, 5.41) is 10.9. The predicted molar refractivity (Wildman–Crippen MR) is 73.9 cm³/mol. The standard InChI is InChI=1S/C13H18N4OS/c1-10-16-12(9-19-10)8-18-7-11-4-14-5-13-2-3-15-17(13)6-11/h2-3,9,11,14H,4-8H2,1H3/t11-/m0/s1. The Labute approximate surface area is 116 Å². The van der Waals surface area contributed by atoms with Gasteiger partial charge in [0, 0.05) is 37.1 Å². The smallest absolute Gasteiger partial charge is 0.0898 e. The normalized spacial score (nSPS) is 19.1. The van der Waals surface area contributed by atoms with Crippen molar-refractivity contribution in [2.45, 2.75) is 26.6 Å². The van der Waals surface area contributed by atoms with Gasteiger partial charge >= 0.3 is 0 Å². The first-order chi connectivity index (χ1) is 9.31. The number of hydrogen-bond acceptors (Lipinski definition) is 5. The molecular formula is C13H18N4OS. The van der Waals surface area contributed by atoms with E-state index in [1.807, 2.05) is 13.1 Å². The molecule has 0 aromatic carbocycles. The van der Waals surface area contributed by atoms with Crippen LogP contribution in [0.2, 0.25) is 0 Å². The highest BCUT2D eigenvalue weighted by atomic mass is 32.1. The zero-order chi connectivity index (χ0) is 13.1. The first-order valence-corrected chi connectivity index (χ1v) is 7.39. The van der Waals surface area contributed by atoms with Gasteiger partial charge in [0.2, 0.25) is 0 Å². The molecule has 1 atom stereocenters. The fourth-order valence-corrected chi connectivity index (χ4v) is 2.90. The summed E-state index contributed by atoms with van der Waals surface area (Å²) in [7, 11) is 0. The fourth-order valence-electron chi connectivity index (χ4n) is 2.30. The molecule has 1 N–H and O–H groups in total. The molecule has 102 valence electrons. The number of thiazole rings is 1. The molecule has 0 bridgehead atoms. The summed E-state index contributed by atoms with van der Waals surface area (Å²) in [5.41, 5.74) is 2.28.